The van der Waals surface area contributed by atoms with Crippen molar-refractivity contribution in [3.05, 3.63) is 210 Å². The minimum Gasteiger partial charge on any atom is -0.454 e. The Balaban J connectivity index is 1.21. The average molecular weight is 710 g/mol. The summed E-state index contributed by atoms with van der Waals surface area (Å²) in [7, 11) is 0. The van der Waals surface area contributed by atoms with E-state index < -0.39 is 0 Å². The molecule has 8 aromatic rings. The molecule has 0 spiro atoms. The van der Waals surface area contributed by atoms with E-state index >= 15 is 0 Å². The second-order valence-electron chi connectivity index (χ2n) is 14.9. The van der Waals surface area contributed by atoms with Gasteiger partial charge in [0.2, 0.25) is 0 Å². The number of rotatable bonds is 5. The fourth-order valence-corrected chi connectivity index (χ4v) is 8.52. The van der Waals surface area contributed by atoms with E-state index in [1.54, 1.807) is 0 Å². The number of hydrogen-bond donors (Lipinski definition) is 0. The van der Waals surface area contributed by atoms with Crippen molar-refractivity contribution in [1.82, 2.24) is 4.57 Å². The predicted molar refractivity (Wildman–Crippen MR) is 229 cm³/mol. The van der Waals surface area contributed by atoms with Crippen LogP contribution in [-0.2, 0) is 5.41 Å². The summed E-state index contributed by atoms with van der Waals surface area (Å²) >= 11 is 0. The standard InChI is InChI=1S/C51H39N3O/c1-33(35-18-8-5-9-19-35)50-49(52-34(2)36-20-10-6-11-21-36)41-30-38(28-29-48(41)55-50)54-44-26-16-14-24-39(44)40-31-47-43(32-46(40)54)51(3,4)42-25-15-17-27-45(42)53(47)37-22-12-7-13-23-37/h5-32H,2H2,1,3-4H3/b50-33-,52-49-. The zero-order chi connectivity index (χ0) is 37.3. The number of benzene rings is 7. The van der Waals surface area contributed by atoms with Crippen LogP contribution in [0.5, 0.6) is 5.75 Å². The summed E-state index contributed by atoms with van der Waals surface area (Å²) in [5.74, 6) is 1.52. The molecule has 3 heterocycles. The molecule has 0 saturated carbocycles. The lowest BCUT2D eigenvalue weighted by atomic mass is 9.73. The summed E-state index contributed by atoms with van der Waals surface area (Å²) in [4.78, 5) is 7.65. The quantitative estimate of drug-likeness (QED) is 0.178. The molecule has 0 unspecified atom stereocenters. The van der Waals surface area contributed by atoms with E-state index in [0.29, 0.717) is 5.70 Å². The van der Waals surface area contributed by atoms with Gasteiger partial charge in [-0.15, -0.1) is 0 Å². The van der Waals surface area contributed by atoms with Gasteiger partial charge in [0.05, 0.1) is 28.1 Å². The van der Waals surface area contributed by atoms with Gasteiger partial charge in [-0.2, -0.15) is 0 Å². The molecule has 4 nitrogen and oxygen atoms in total. The average Bonchev–Trinajstić information content (AvgIpc) is 3.75. The fourth-order valence-electron chi connectivity index (χ4n) is 8.52. The lowest BCUT2D eigenvalue weighted by molar-refractivity contribution is 0.471. The molecule has 264 valence electrons. The molecule has 0 amide bonds. The van der Waals surface area contributed by atoms with Crippen LogP contribution < -0.4 is 9.64 Å². The molecule has 2 aliphatic heterocycles. The summed E-state index contributed by atoms with van der Waals surface area (Å²) in [6, 6.07) is 60.1. The smallest absolute Gasteiger partial charge is 0.157 e. The molecular formula is C51H39N3O. The third-order valence-corrected chi connectivity index (χ3v) is 11.3. The van der Waals surface area contributed by atoms with Gasteiger partial charge >= 0.3 is 0 Å². The van der Waals surface area contributed by atoms with Crippen molar-refractivity contribution in [1.29, 1.82) is 0 Å². The largest absolute Gasteiger partial charge is 0.454 e. The van der Waals surface area contributed by atoms with Gasteiger partial charge in [0, 0.05) is 38.7 Å². The first kappa shape index (κ1) is 32.7. The molecule has 0 aliphatic carbocycles. The number of aliphatic imine (C=N–C) groups is 1. The van der Waals surface area contributed by atoms with E-state index in [-0.39, 0.29) is 5.41 Å². The molecule has 1 aromatic heterocycles. The van der Waals surface area contributed by atoms with E-state index in [2.05, 4.69) is 170 Å². The Bertz CT molecular complexity index is 2880. The molecule has 0 fully saturated rings. The van der Waals surface area contributed by atoms with Gasteiger partial charge in [0.15, 0.2) is 5.76 Å². The predicted octanol–water partition coefficient (Wildman–Crippen LogP) is 13.2. The third-order valence-electron chi connectivity index (χ3n) is 11.3. The van der Waals surface area contributed by atoms with E-state index in [1.807, 2.05) is 36.4 Å². The van der Waals surface area contributed by atoms with Crippen molar-refractivity contribution >= 4 is 55.8 Å². The number of nitrogens with zero attached hydrogens (tertiary/aromatic N) is 3. The van der Waals surface area contributed by atoms with Crippen LogP contribution in [0.2, 0.25) is 0 Å². The highest BCUT2D eigenvalue weighted by Crippen LogP contribution is 2.53. The molecular weight excluding hydrogens is 671 g/mol. The van der Waals surface area contributed by atoms with E-state index in [4.69, 9.17) is 9.73 Å². The van der Waals surface area contributed by atoms with Gasteiger partial charge < -0.3 is 14.2 Å². The molecule has 10 rings (SSSR count). The Morgan fingerprint density at radius 1 is 0.582 bits per heavy atom. The van der Waals surface area contributed by atoms with Crippen molar-refractivity contribution in [2.45, 2.75) is 26.2 Å². The van der Waals surface area contributed by atoms with Crippen LogP contribution in [0.15, 0.2) is 187 Å². The Morgan fingerprint density at radius 2 is 1.24 bits per heavy atom. The van der Waals surface area contributed by atoms with Gasteiger partial charge in [-0.05, 0) is 83.8 Å². The normalized spacial score (nSPS) is 15.8. The number of anilines is 3. The molecule has 0 N–H and O–H groups in total. The minimum atomic E-state index is -0.245. The number of para-hydroxylation sites is 3. The van der Waals surface area contributed by atoms with E-state index in [9.17, 15) is 0 Å². The van der Waals surface area contributed by atoms with Crippen LogP contribution in [0.4, 0.5) is 17.1 Å². The van der Waals surface area contributed by atoms with Crippen LogP contribution in [-0.4, -0.2) is 10.3 Å². The molecule has 55 heavy (non-hydrogen) atoms. The summed E-state index contributed by atoms with van der Waals surface area (Å²) < 4.78 is 9.11. The zero-order valence-corrected chi connectivity index (χ0v) is 31.1. The van der Waals surface area contributed by atoms with Gasteiger partial charge in [-0.1, -0.05) is 136 Å². The topological polar surface area (TPSA) is 29.8 Å². The Kier molecular flexibility index (Phi) is 7.50. The maximum atomic E-state index is 6.70. The summed E-state index contributed by atoms with van der Waals surface area (Å²) in [6.45, 7) is 11.2. The molecule has 7 aromatic carbocycles. The maximum Gasteiger partial charge on any atom is 0.157 e. The molecule has 2 aliphatic rings. The highest BCUT2D eigenvalue weighted by atomic mass is 16.5. The Hall–Kier alpha value is -6.91. The highest BCUT2D eigenvalue weighted by Gasteiger charge is 2.38. The number of allylic oxidation sites excluding steroid dienone is 2. The monoisotopic (exact) mass is 709 g/mol. The molecule has 0 radical (unpaired) electrons. The van der Waals surface area contributed by atoms with Crippen LogP contribution in [0.1, 0.15) is 48.6 Å². The Labute approximate surface area is 321 Å². The number of ether oxygens (including phenoxy) is 1. The molecule has 4 heteroatoms. The van der Waals surface area contributed by atoms with Crippen molar-refractivity contribution in [3.8, 4) is 11.4 Å². The summed E-state index contributed by atoms with van der Waals surface area (Å²) in [5.41, 5.74) is 14.7. The SMILES string of the molecule is C=C(/N=C1\C(=C(/C)c2ccccc2)Oc2ccc(-n3c4ccccc4c4cc5c(cc43)C(C)(C)c3ccccc3N5c3ccccc3)cc21)c1ccccc1. The zero-order valence-electron chi connectivity index (χ0n) is 31.1. The van der Waals surface area contributed by atoms with E-state index in [1.165, 1.54) is 33.3 Å². The highest BCUT2D eigenvalue weighted by molar-refractivity contribution is 6.21. The lowest BCUT2D eigenvalue weighted by Gasteiger charge is -2.42. The van der Waals surface area contributed by atoms with Crippen LogP contribution in [0, 0.1) is 0 Å². The third kappa shape index (κ3) is 5.17. The number of fused-ring (bicyclic) bond motifs is 6. The van der Waals surface area contributed by atoms with Gasteiger partial charge in [0.1, 0.15) is 11.5 Å². The lowest BCUT2D eigenvalue weighted by Crippen LogP contribution is -2.30. The molecule has 0 atom stereocenters. The van der Waals surface area contributed by atoms with Gasteiger partial charge in [0.25, 0.3) is 0 Å². The summed E-state index contributed by atoms with van der Waals surface area (Å²) in [5, 5.41) is 2.41. The first-order valence-corrected chi connectivity index (χ1v) is 18.8. The second-order valence-corrected chi connectivity index (χ2v) is 14.9. The van der Waals surface area contributed by atoms with E-state index in [0.717, 1.165) is 61.9 Å². The first-order chi connectivity index (χ1) is 26.9. The number of hydrogen-bond acceptors (Lipinski definition) is 3. The van der Waals surface area contributed by atoms with Gasteiger partial charge in [-0.25, -0.2) is 4.99 Å². The summed E-state index contributed by atoms with van der Waals surface area (Å²) in [6.07, 6.45) is 0. The van der Waals surface area contributed by atoms with Crippen molar-refractivity contribution in [2.75, 3.05) is 4.90 Å². The maximum absolute atomic E-state index is 6.70. The van der Waals surface area contributed by atoms with Crippen molar-refractivity contribution in [3.63, 3.8) is 0 Å². The minimum absolute atomic E-state index is 0.245. The van der Waals surface area contributed by atoms with Gasteiger partial charge in [-0.3, -0.25) is 0 Å². The molecule has 0 saturated heterocycles. The second kappa shape index (κ2) is 12.6. The Morgan fingerprint density at radius 3 is 2.00 bits per heavy atom. The van der Waals surface area contributed by atoms with Crippen molar-refractivity contribution in [2.24, 2.45) is 4.99 Å². The van der Waals surface area contributed by atoms with Crippen LogP contribution in [0.25, 0.3) is 38.8 Å². The fraction of sp³-hybridized carbons (Fsp3) is 0.0784. The number of aromatic nitrogens is 1. The molecule has 0 bridgehead atoms. The van der Waals surface area contributed by atoms with Crippen LogP contribution in [0.3, 0.4) is 0 Å². The van der Waals surface area contributed by atoms with Crippen LogP contribution >= 0.6 is 0 Å². The first-order valence-electron chi connectivity index (χ1n) is 18.8. The van der Waals surface area contributed by atoms with Crippen molar-refractivity contribution < 1.29 is 4.74 Å².